The summed E-state index contributed by atoms with van der Waals surface area (Å²) in [5.41, 5.74) is 2.57. The third-order valence-corrected chi connectivity index (χ3v) is 3.28. The number of aldehydes is 1. The van der Waals surface area contributed by atoms with Crippen molar-refractivity contribution in [2.24, 2.45) is 0 Å². The molecule has 0 saturated heterocycles. The topological polar surface area (TPSA) is 87.0 Å². The van der Waals surface area contributed by atoms with E-state index in [0.717, 1.165) is 5.56 Å². The van der Waals surface area contributed by atoms with Gasteiger partial charge in [-0.2, -0.15) is 0 Å². The van der Waals surface area contributed by atoms with Crippen LogP contribution in [0.5, 0.6) is 0 Å². The molecule has 0 aliphatic rings. The Morgan fingerprint density at radius 1 is 1.22 bits per heavy atom. The van der Waals surface area contributed by atoms with Crippen LogP contribution in [0, 0.1) is 0 Å². The van der Waals surface area contributed by atoms with Crippen LogP contribution in [0.3, 0.4) is 0 Å². The van der Waals surface area contributed by atoms with Crippen molar-refractivity contribution in [3.63, 3.8) is 0 Å². The maximum atomic E-state index is 11.5. The number of hydrogen-bond acceptors (Lipinski definition) is 6. The van der Waals surface area contributed by atoms with Crippen LogP contribution in [0.2, 0.25) is 0 Å². The van der Waals surface area contributed by atoms with Crippen molar-refractivity contribution in [1.82, 2.24) is 20.0 Å². The number of nitrogens with zero attached hydrogens (tertiary/aromatic N) is 4. The van der Waals surface area contributed by atoms with Crippen LogP contribution >= 0.6 is 0 Å². The van der Waals surface area contributed by atoms with Gasteiger partial charge in [0.1, 0.15) is 5.69 Å². The number of hydrogen-bond donors (Lipinski definition) is 0. The van der Waals surface area contributed by atoms with Gasteiger partial charge in [0.25, 0.3) is 0 Å². The SMILES string of the molecule is COC(=O)c1ccc(-n2nnc(C=O)c2-c2cccnc2)cc1. The van der Waals surface area contributed by atoms with E-state index in [4.69, 9.17) is 0 Å². The van der Waals surface area contributed by atoms with Gasteiger partial charge in [-0.05, 0) is 36.4 Å². The van der Waals surface area contributed by atoms with Crippen LogP contribution < -0.4 is 0 Å². The molecule has 7 heteroatoms. The number of methoxy groups -OCH3 is 1. The molecule has 3 aromatic rings. The highest BCUT2D eigenvalue weighted by Gasteiger charge is 2.16. The Morgan fingerprint density at radius 3 is 2.61 bits per heavy atom. The molecule has 3 rings (SSSR count). The van der Waals surface area contributed by atoms with E-state index in [1.807, 2.05) is 6.07 Å². The summed E-state index contributed by atoms with van der Waals surface area (Å²) < 4.78 is 6.20. The quantitative estimate of drug-likeness (QED) is 0.540. The second-order valence-corrected chi connectivity index (χ2v) is 4.63. The van der Waals surface area contributed by atoms with E-state index >= 15 is 0 Å². The second kappa shape index (κ2) is 6.18. The molecule has 0 bridgehead atoms. The van der Waals surface area contributed by atoms with Gasteiger partial charge >= 0.3 is 5.97 Å². The lowest BCUT2D eigenvalue weighted by molar-refractivity contribution is 0.0600. The number of carbonyl (C=O) groups is 2. The van der Waals surface area contributed by atoms with Crippen molar-refractivity contribution in [3.8, 4) is 16.9 Å². The van der Waals surface area contributed by atoms with Gasteiger partial charge < -0.3 is 4.74 Å². The van der Waals surface area contributed by atoms with E-state index in [1.54, 1.807) is 42.7 Å². The second-order valence-electron chi connectivity index (χ2n) is 4.63. The molecule has 0 unspecified atom stereocenters. The van der Waals surface area contributed by atoms with E-state index in [-0.39, 0.29) is 5.69 Å². The number of benzene rings is 1. The number of aromatic nitrogens is 4. The van der Waals surface area contributed by atoms with Gasteiger partial charge in [-0.15, -0.1) is 5.10 Å². The molecule has 7 nitrogen and oxygen atoms in total. The Hall–Kier alpha value is -3.35. The molecule has 0 spiro atoms. The van der Waals surface area contributed by atoms with Crippen LogP contribution in [0.25, 0.3) is 16.9 Å². The fraction of sp³-hybridized carbons (Fsp3) is 0.0625. The zero-order chi connectivity index (χ0) is 16.2. The van der Waals surface area contributed by atoms with E-state index < -0.39 is 5.97 Å². The van der Waals surface area contributed by atoms with Crippen LogP contribution in [-0.2, 0) is 4.74 Å². The van der Waals surface area contributed by atoms with Gasteiger partial charge in [0.05, 0.1) is 18.4 Å². The molecule has 23 heavy (non-hydrogen) atoms. The van der Waals surface area contributed by atoms with Crippen molar-refractivity contribution in [2.45, 2.75) is 0 Å². The van der Waals surface area contributed by atoms with Crippen molar-refractivity contribution in [2.75, 3.05) is 7.11 Å². The summed E-state index contributed by atoms with van der Waals surface area (Å²) in [6.07, 6.45) is 3.92. The highest BCUT2D eigenvalue weighted by Crippen LogP contribution is 2.23. The smallest absolute Gasteiger partial charge is 0.337 e. The van der Waals surface area contributed by atoms with Crippen molar-refractivity contribution in [1.29, 1.82) is 0 Å². The predicted molar refractivity (Wildman–Crippen MR) is 81.3 cm³/mol. The molecule has 0 atom stereocenters. The van der Waals surface area contributed by atoms with Crippen molar-refractivity contribution in [3.05, 3.63) is 60.0 Å². The molecular formula is C16H12N4O3. The van der Waals surface area contributed by atoms with Gasteiger partial charge in [-0.25, -0.2) is 9.48 Å². The first kappa shape index (κ1) is 14.6. The summed E-state index contributed by atoms with van der Waals surface area (Å²) >= 11 is 0. The normalized spacial score (nSPS) is 10.3. The average Bonchev–Trinajstić information content (AvgIpc) is 3.06. The Morgan fingerprint density at radius 2 is 2.00 bits per heavy atom. The first-order valence-corrected chi connectivity index (χ1v) is 6.74. The first-order chi connectivity index (χ1) is 11.2. The summed E-state index contributed by atoms with van der Waals surface area (Å²) in [4.78, 5) is 26.8. The number of pyridine rings is 1. The zero-order valence-corrected chi connectivity index (χ0v) is 12.2. The van der Waals surface area contributed by atoms with Gasteiger partial charge in [0.15, 0.2) is 12.0 Å². The zero-order valence-electron chi connectivity index (χ0n) is 12.2. The maximum Gasteiger partial charge on any atom is 0.337 e. The third-order valence-electron chi connectivity index (χ3n) is 3.28. The molecule has 0 fully saturated rings. The Bertz CT molecular complexity index is 842. The number of rotatable bonds is 4. The largest absolute Gasteiger partial charge is 0.465 e. The van der Waals surface area contributed by atoms with E-state index in [9.17, 15) is 9.59 Å². The number of carbonyl (C=O) groups excluding carboxylic acids is 2. The molecular weight excluding hydrogens is 296 g/mol. The first-order valence-electron chi connectivity index (χ1n) is 6.74. The molecule has 0 saturated carbocycles. The van der Waals surface area contributed by atoms with E-state index in [2.05, 4.69) is 20.0 Å². The Labute approximate surface area is 131 Å². The van der Waals surface area contributed by atoms with Crippen molar-refractivity contribution < 1.29 is 14.3 Å². The molecule has 0 aliphatic heterocycles. The van der Waals surface area contributed by atoms with E-state index in [1.165, 1.54) is 11.8 Å². The Kier molecular flexibility index (Phi) is 3.92. The predicted octanol–water partition coefficient (Wildman–Crippen LogP) is 1.93. The van der Waals surface area contributed by atoms with Crippen LogP contribution in [-0.4, -0.2) is 39.3 Å². The monoisotopic (exact) mass is 308 g/mol. The summed E-state index contributed by atoms with van der Waals surface area (Å²) in [5, 5.41) is 7.91. The van der Waals surface area contributed by atoms with Gasteiger partial charge in [0, 0.05) is 18.0 Å². The van der Waals surface area contributed by atoms with Gasteiger partial charge in [0.2, 0.25) is 0 Å². The molecule has 0 radical (unpaired) electrons. The molecule has 2 heterocycles. The molecule has 0 aliphatic carbocycles. The molecule has 114 valence electrons. The van der Waals surface area contributed by atoms with Gasteiger partial charge in [-0.1, -0.05) is 5.21 Å². The summed E-state index contributed by atoms with van der Waals surface area (Å²) in [7, 11) is 1.32. The third kappa shape index (κ3) is 2.71. The van der Waals surface area contributed by atoms with Crippen LogP contribution in [0.15, 0.2) is 48.8 Å². The summed E-state index contributed by atoms with van der Waals surface area (Å²) in [5.74, 6) is -0.420. The highest BCUT2D eigenvalue weighted by atomic mass is 16.5. The molecule has 0 N–H and O–H groups in total. The standard InChI is InChI=1S/C16H12N4O3/c1-23-16(22)11-4-6-13(7-5-11)20-15(14(10-21)18-19-20)12-3-2-8-17-9-12/h2-10H,1H3. The Balaban J connectivity index is 2.09. The molecule has 2 aromatic heterocycles. The maximum absolute atomic E-state index is 11.5. The lowest BCUT2D eigenvalue weighted by Gasteiger charge is -2.07. The van der Waals surface area contributed by atoms with Crippen molar-refractivity contribution >= 4 is 12.3 Å². The fourth-order valence-electron chi connectivity index (χ4n) is 2.18. The number of ether oxygens (including phenoxy) is 1. The van der Waals surface area contributed by atoms with Gasteiger partial charge in [-0.3, -0.25) is 9.78 Å². The lowest BCUT2D eigenvalue weighted by Crippen LogP contribution is -2.03. The lowest BCUT2D eigenvalue weighted by atomic mass is 10.1. The minimum atomic E-state index is -0.420. The fourth-order valence-corrected chi connectivity index (χ4v) is 2.18. The highest BCUT2D eigenvalue weighted by molar-refractivity contribution is 5.89. The van der Waals surface area contributed by atoms with E-state index in [0.29, 0.717) is 23.2 Å². The number of esters is 1. The average molecular weight is 308 g/mol. The molecule has 1 aromatic carbocycles. The minimum absolute atomic E-state index is 0.218. The minimum Gasteiger partial charge on any atom is -0.465 e. The molecule has 0 amide bonds. The van der Waals surface area contributed by atoms with Crippen LogP contribution in [0.4, 0.5) is 0 Å². The summed E-state index contributed by atoms with van der Waals surface area (Å²) in [6, 6.07) is 10.2. The van der Waals surface area contributed by atoms with Crippen LogP contribution in [0.1, 0.15) is 20.8 Å². The summed E-state index contributed by atoms with van der Waals surface area (Å²) in [6.45, 7) is 0.